The summed E-state index contributed by atoms with van der Waals surface area (Å²) in [5.41, 5.74) is 3.27. The number of hydrogen-bond donors (Lipinski definition) is 1. The van der Waals surface area contributed by atoms with Crippen molar-refractivity contribution in [1.82, 2.24) is 4.90 Å². The standard InChI is InChI=1S/C20H23ClN2O/c1-15-4-2-6-19(12-15)22-20(24)17-5-3-11-23(14-17)13-16-7-9-18(21)10-8-16/h2,4,6-10,12,17H,3,5,11,13-14H2,1H3,(H,22,24)/t17-/m0/s1. The lowest BCUT2D eigenvalue weighted by Gasteiger charge is -2.32. The van der Waals surface area contributed by atoms with E-state index >= 15 is 0 Å². The van der Waals surface area contributed by atoms with E-state index in [9.17, 15) is 4.79 Å². The number of carbonyl (C=O) groups is 1. The molecule has 0 spiro atoms. The van der Waals surface area contributed by atoms with Gasteiger partial charge in [0.05, 0.1) is 5.92 Å². The van der Waals surface area contributed by atoms with Crippen LogP contribution in [0.1, 0.15) is 24.0 Å². The fraction of sp³-hybridized carbons (Fsp3) is 0.350. The van der Waals surface area contributed by atoms with Gasteiger partial charge in [0, 0.05) is 23.8 Å². The summed E-state index contributed by atoms with van der Waals surface area (Å²) in [7, 11) is 0. The van der Waals surface area contributed by atoms with Gasteiger partial charge in [-0.3, -0.25) is 9.69 Å². The highest BCUT2D eigenvalue weighted by molar-refractivity contribution is 6.30. The topological polar surface area (TPSA) is 32.3 Å². The van der Waals surface area contributed by atoms with Gasteiger partial charge in [-0.15, -0.1) is 0 Å². The molecule has 1 aliphatic rings. The Balaban J connectivity index is 1.58. The summed E-state index contributed by atoms with van der Waals surface area (Å²) in [5.74, 6) is 0.174. The van der Waals surface area contributed by atoms with Crippen LogP contribution in [0.25, 0.3) is 0 Å². The van der Waals surface area contributed by atoms with Crippen LogP contribution in [-0.2, 0) is 11.3 Å². The zero-order valence-corrected chi connectivity index (χ0v) is 14.7. The molecule has 1 aliphatic heterocycles. The van der Waals surface area contributed by atoms with Crippen molar-refractivity contribution in [3.05, 3.63) is 64.7 Å². The third-order valence-electron chi connectivity index (χ3n) is 4.48. The minimum absolute atomic E-state index is 0.0477. The molecule has 3 rings (SSSR count). The quantitative estimate of drug-likeness (QED) is 0.887. The summed E-state index contributed by atoms with van der Waals surface area (Å²) in [4.78, 5) is 14.9. The predicted octanol–water partition coefficient (Wildman–Crippen LogP) is 4.50. The molecule has 3 nitrogen and oxygen atoms in total. The number of nitrogens with one attached hydrogen (secondary N) is 1. The lowest BCUT2D eigenvalue weighted by Crippen LogP contribution is -2.40. The number of anilines is 1. The van der Waals surface area contributed by atoms with E-state index in [0.29, 0.717) is 0 Å². The monoisotopic (exact) mass is 342 g/mol. The van der Waals surface area contributed by atoms with Gasteiger partial charge in [-0.05, 0) is 61.7 Å². The van der Waals surface area contributed by atoms with Crippen LogP contribution in [0, 0.1) is 12.8 Å². The first-order valence-corrected chi connectivity index (χ1v) is 8.82. The molecule has 0 unspecified atom stereocenters. The summed E-state index contributed by atoms with van der Waals surface area (Å²) in [6.07, 6.45) is 2.01. The number of benzene rings is 2. The average molecular weight is 343 g/mol. The number of rotatable bonds is 4. The Bertz CT molecular complexity index is 699. The molecule has 1 fully saturated rings. The summed E-state index contributed by atoms with van der Waals surface area (Å²) < 4.78 is 0. The van der Waals surface area contributed by atoms with Crippen LogP contribution in [0.2, 0.25) is 5.02 Å². The molecule has 0 aromatic heterocycles. The van der Waals surface area contributed by atoms with Gasteiger partial charge in [0.15, 0.2) is 0 Å². The van der Waals surface area contributed by atoms with Crippen LogP contribution in [0.3, 0.4) is 0 Å². The first-order valence-electron chi connectivity index (χ1n) is 8.44. The minimum atomic E-state index is 0.0477. The van der Waals surface area contributed by atoms with Gasteiger partial charge in [-0.25, -0.2) is 0 Å². The van der Waals surface area contributed by atoms with Gasteiger partial charge in [0.2, 0.25) is 5.91 Å². The third-order valence-corrected chi connectivity index (χ3v) is 4.73. The van der Waals surface area contributed by atoms with Crippen molar-refractivity contribution >= 4 is 23.2 Å². The molecular weight excluding hydrogens is 320 g/mol. The normalized spacial score (nSPS) is 18.3. The molecule has 1 heterocycles. The molecule has 0 radical (unpaired) electrons. The number of nitrogens with zero attached hydrogens (tertiary/aromatic N) is 1. The lowest BCUT2D eigenvalue weighted by atomic mass is 9.96. The van der Waals surface area contributed by atoms with E-state index in [1.807, 2.05) is 43.3 Å². The molecule has 2 aromatic carbocycles. The fourth-order valence-electron chi connectivity index (χ4n) is 3.23. The van der Waals surface area contributed by atoms with Crippen LogP contribution >= 0.6 is 11.6 Å². The summed E-state index contributed by atoms with van der Waals surface area (Å²) in [6, 6.07) is 15.9. The molecule has 1 N–H and O–H groups in total. The molecule has 0 aliphatic carbocycles. The Morgan fingerprint density at radius 2 is 2.04 bits per heavy atom. The molecule has 126 valence electrons. The zero-order valence-electron chi connectivity index (χ0n) is 14.0. The van der Waals surface area contributed by atoms with E-state index in [2.05, 4.69) is 22.3 Å². The maximum absolute atomic E-state index is 12.6. The van der Waals surface area contributed by atoms with Crippen molar-refractivity contribution in [1.29, 1.82) is 0 Å². The van der Waals surface area contributed by atoms with Gasteiger partial charge >= 0.3 is 0 Å². The molecule has 0 saturated carbocycles. The molecule has 1 amide bonds. The molecule has 0 bridgehead atoms. The highest BCUT2D eigenvalue weighted by atomic mass is 35.5. The average Bonchev–Trinajstić information content (AvgIpc) is 2.57. The molecule has 1 atom stereocenters. The Morgan fingerprint density at radius 3 is 2.79 bits per heavy atom. The molecular formula is C20H23ClN2O. The second kappa shape index (κ2) is 7.82. The molecule has 1 saturated heterocycles. The second-order valence-electron chi connectivity index (χ2n) is 6.56. The van der Waals surface area contributed by atoms with Crippen molar-refractivity contribution in [2.75, 3.05) is 18.4 Å². The van der Waals surface area contributed by atoms with E-state index in [1.165, 1.54) is 5.56 Å². The number of halogens is 1. The minimum Gasteiger partial charge on any atom is -0.326 e. The lowest BCUT2D eigenvalue weighted by molar-refractivity contribution is -0.121. The number of aryl methyl sites for hydroxylation is 1. The van der Waals surface area contributed by atoms with E-state index in [0.717, 1.165) is 48.7 Å². The summed E-state index contributed by atoms with van der Waals surface area (Å²) in [6.45, 7) is 4.74. The van der Waals surface area contributed by atoms with Crippen LogP contribution < -0.4 is 5.32 Å². The predicted molar refractivity (Wildman–Crippen MR) is 99.3 cm³/mol. The SMILES string of the molecule is Cc1cccc(NC(=O)[C@H]2CCCN(Cc3ccc(Cl)cc3)C2)c1. The molecule has 4 heteroatoms. The van der Waals surface area contributed by atoms with Crippen molar-refractivity contribution in [3.63, 3.8) is 0 Å². The van der Waals surface area contributed by atoms with Gasteiger partial charge in [0.25, 0.3) is 0 Å². The van der Waals surface area contributed by atoms with Gasteiger partial charge in [-0.2, -0.15) is 0 Å². The Hall–Kier alpha value is -1.84. The van der Waals surface area contributed by atoms with E-state index in [-0.39, 0.29) is 11.8 Å². The van der Waals surface area contributed by atoms with Crippen LogP contribution in [-0.4, -0.2) is 23.9 Å². The van der Waals surface area contributed by atoms with Crippen molar-refractivity contribution in [3.8, 4) is 0 Å². The Morgan fingerprint density at radius 1 is 1.25 bits per heavy atom. The summed E-state index contributed by atoms with van der Waals surface area (Å²) >= 11 is 5.94. The second-order valence-corrected chi connectivity index (χ2v) is 7.00. The third kappa shape index (κ3) is 4.59. The van der Waals surface area contributed by atoms with Gasteiger partial charge in [-0.1, -0.05) is 35.9 Å². The number of carbonyl (C=O) groups excluding carboxylic acids is 1. The Labute approximate surface area is 148 Å². The van der Waals surface area contributed by atoms with Crippen molar-refractivity contribution < 1.29 is 4.79 Å². The Kier molecular flexibility index (Phi) is 5.54. The van der Waals surface area contributed by atoms with Gasteiger partial charge < -0.3 is 5.32 Å². The van der Waals surface area contributed by atoms with Crippen LogP contribution in [0.4, 0.5) is 5.69 Å². The number of hydrogen-bond acceptors (Lipinski definition) is 2. The van der Waals surface area contributed by atoms with Crippen molar-refractivity contribution in [2.24, 2.45) is 5.92 Å². The van der Waals surface area contributed by atoms with Crippen molar-refractivity contribution in [2.45, 2.75) is 26.3 Å². The van der Waals surface area contributed by atoms with E-state index in [4.69, 9.17) is 11.6 Å². The van der Waals surface area contributed by atoms with Gasteiger partial charge in [0.1, 0.15) is 0 Å². The summed E-state index contributed by atoms with van der Waals surface area (Å²) in [5, 5.41) is 3.82. The highest BCUT2D eigenvalue weighted by Gasteiger charge is 2.25. The van der Waals surface area contributed by atoms with Crippen LogP contribution in [0.5, 0.6) is 0 Å². The van der Waals surface area contributed by atoms with E-state index < -0.39 is 0 Å². The fourth-order valence-corrected chi connectivity index (χ4v) is 3.35. The number of likely N-dealkylation sites (tertiary alicyclic amines) is 1. The number of piperidine rings is 1. The highest BCUT2D eigenvalue weighted by Crippen LogP contribution is 2.21. The largest absolute Gasteiger partial charge is 0.326 e. The first-order chi connectivity index (χ1) is 11.6. The van der Waals surface area contributed by atoms with Crippen LogP contribution in [0.15, 0.2) is 48.5 Å². The number of amides is 1. The van der Waals surface area contributed by atoms with E-state index in [1.54, 1.807) is 0 Å². The molecule has 2 aromatic rings. The first kappa shape index (κ1) is 17.0. The maximum Gasteiger partial charge on any atom is 0.228 e. The zero-order chi connectivity index (χ0) is 16.9. The maximum atomic E-state index is 12.6. The smallest absolute Gasteiger partial charge is 0.228 e. The molecule has 24 heavy (non-hydrogen) atoms.